The van der Waals surface area contributed by atoms with Crippen molar-refractivity contribution in [2.24, 2.45) is 4.99 Å². The summed E-state index contributed by atoms with van der Waals surface area (Å²) in [6.07, 6.45) is 0.946. The fourth-order valence-corrected chi connectivity index (χ4v) is 1.87. The Morgan fingerprint density at radius 3 is 2.43 bits per heavy atom. The van der Waals surface area contributed by atoms with E-state index in [0.717, 1.165) is 50.0 Å². The van der Waals surface area contributed by atoms with Crippen molar-refractivity contribution in [1.82, 2.24) is 10.6 Å². The standard InChI is InChI=1S/C17H29N3O3/c1-4-23-12-5-10-18-17(19-11-13-21-2)20-14-15-6-8-16(22-3)9-7-15/h6-9H,4-5,10-14H2,1-3H3,(H2,18,19,20). The van der Waals surface area contributed by atoms with Gasteiger partial charge in [-0.15, -0.1) is 0 Å². The molecule has 1 aromatic carbocycles. The summed E-state index contributed by atoms with van der Waals surface area (Å²) in [5.41, 5.74) is 1.13. The number of nitrogens with zero attached hydrogens (tertiary/aromatic N) is 1. The van der Waals surface area contributed by atoms with Crippen LogP contribution in [-0.4, -0.2) is 53.1 Å². The van der Waals surface area contributed by atoms with Crippen LogP contribution in [0.3, 0.4) is 0 Å². The highest BCUT2D eigenvalue weighted by Crippen LogP contribution is 2.11. The maximum absolute atomic E-state index is 5.33. The van der Waals surface area contributed by atoms with E-state index in [1.807, 2.05) is 31.2 Å². The number of hydrogen-bond acceptors (Lipinski definition) is 4. The number of ether oxygens (including phenoxy) is 3. The van der Waals surface area contributed by atoms with E-state index in [1.165, 1.54) is 0 Å². The van der Waals surface area contributed by atoms with Gasteiger partial charge in [0.1, 0.15) is 5.75 Å². The third-order valence-electron chi connectivity index (χ3n) is 3.14. The molecule has 0 bridgehead atoms. The molecule has 0 heterocycles. The molecule has 0 aromatic heterocycles. The average Bonchev–Trinajstić information content (AvgIpc) is 2.59. The van der Waals surface area contributed by atoms with Crippen LogP contribution in [0.1, 0.15) is 18.9 Å². The molecule has 0 amide bonds. The summed E-state index contributed by atoms with van der Waals surface area (Å²) in [5, 5.41) is 6.56. The van der Waals surface area contributed by atoms with Crippen molar-refractivity contribution in [2.75, 3.05) is 47.1 Å². The Morgan fingerprint density at radius 1 is 1.04 bits per heavy atom. The lowest BCUT2D eigenvalue weighted by Gasteiger charge is -2.12. The van der Waals surface area contributed by atoms with Gasteiger partial charge in [-0.2, -0.15) is 0 Å². The third kappa shape index (κ3) is 9.05. The Balaban J connectivity index is 2.47. The van der Waals surface area contributed by atoms with Crippen LogP contribution in [0.15, 0.2) is 29.3 Å². The summed E-state index contributed by atoms with van der Waals surface area (Å²) in [7, 11) is 3.35. The van der Waals surface area contributed by atoms with Gasteiger partial charge in [-0.25, -0.2) is 4.99 Å². The minimum atomic E-state index is 0.609. The van der Waals surface area contributed by atoms with Crippen LogP contribution < -0.4 is 15.4 Å². The van der Waals surface area contributed by atoms with E-state index in [9.17, 15) is 0 Å². The minimum absolute atomic E-state index is 0.609. The first-order valence-electron chi connectivity index (χ1n) is 8.02. The highest BCUT2D eigenvalue weighted by Gasteiger charge is 1.99. The van der Waals surface area contributed by atoms with Gasteiger partial charge in [0.05, 0.1) is 20.3 Å². The van der Waals surface area contributed by atoms with E-state index >= 15 is 0 Å². The average molecular weight is 323 g/mol. The van der Waals surface area contributed by atoms with Crippen molar-refractivity contribution in [1.29, 1.82) is 0 Å². The molecule has 0 fully saturated rings. The Hall–Kier alpha value is -1.79. The minimum Gasteiger partial charge on any atom is -0.497 e. The van der Waals surface area contributed by atoms with E-state index in [4.69, 9.17) is 14.2 Å². The van der Waals surface area contributed by atoms with Gasteiger partial charge in [0.15, 0.2) is 5.96 Å². The predicted octanol–water partition coefficient (Wildman–Crippen LogP) is 1.80. The van der Waals surface area contributed by atoms with E-state index in [1.54, 1.807) is 14.2 Å². The van der Waals surface area contributed by atoms with Crippen LogP contribution in [0.4, 0.5) is 0 Å². The summed E-state index contributed by atoms with van der Waals surface area (Å²) in [4.78, 5) is 4.60. The van der Waals surface area contributed by atoms with Crippen LogP contribution in [0.5, 0.6) is 5.75 Å². The molecule has 0 aliphatic carbocycles. The van der Waals surface area contributed by atoms with E-state index in [-0.39, 0.29) is 0 Å². The number of rotatable bonds is 11. The number of guanidine groups is 1. The molecule has 0 saturated carbocycles. The molecular formula is C17H29N3O3. The van der Waals surface area contributed by atoms with Crippen LogP contribution >= 0.6 is 0 Å². The second kappa shape index (κ2) is 12.7. The van der Waals surface area contributed by atoms with Gasteiger partial charge in [-0.3, -0.25) is 0 Å². The molecule has 0 aliphatic rings. The zero-order chi connectivity index (χ0) is 16.8. The molecule has 6 heteroatoms. The normalized spacial score (nSPS) is 11.3. The smallest absolute Gasteiger partial charge is 0.191 e. The predicted molar refractivity (Wildman–Crippen MR) is 93.1 cm³/mol. The molecule has 0 unspecified atom stereocenters. The topological polar surface area (TPSA) is 64.1 Å². The molecule has 6 nitrogen and oxygen atoms in total. The fourth-order valence-electron chi connectivity index (χ4n) is 1.87. The molecule has 0 radical (unpaired) electrons. The van der Waals surface area contributed by atoms with Gasteiger partial charge >= 0.3 is 0 Å². The Bertz CT molecular complexity index is 435. The molecule has 0 saturated heterocycles. The van der Waals surface area contributed by atoms with Gasteiger partial charge in [0.25, 0.3) is 0 Å². The number of methoxy groups -OCH3 is 2. The highest BCUT2D eigenvalue weighted by atomic mass is 16.5. The largest absolute Gasteiger partial charge is 0.497 e. The zero-order valence-electron chi connectivity index (χ0n) is 14.4. The maximum Gasteiger partial charge on any atom is 0.191 e. The van der Waals surface area contributed by atoms with Crippen molar-refractivity contribution in [3.05, 3.63) is 29.8 Å². The van der Waals surface area contributed by atoms with Crippen molar-refractivity contribution in [2.45, 2.75) is 19.9 Å². The number of benzene rings is 1. The number of hydrogen-bond donors (Lipinski definition) is 2. The lowest BCUT2D eigenvalue weighted by molar-refractivity contribution is 0.145. The SMILES string of the molecule is CCOCCCNC(=NCc1ccc(OC)cc1)NCCOC. The summed E-state index contributed by atoms with van der Waals surface area (Å²) in [6, 6.07) is 7.92. The molecular weight excluding hydrogens is 294 g/mol. The molecule has 23 heavy (non-hydrogen) atoms. The number of nitrogens with one attached hydrogen (secondary N) is 2. The van der Waals surface area contributed by atoms with Crippen LogP contribution in [0.2, 0.25) is 0 Å². The van der Waals surface area contributed by atoms with Gasteiger partial charge in [0, 0.05) is 33.4 Å². The summed E-state index contributed by atoms with van der Waals surface area (Å²) >= 11 is 0. The van der Waals surface area contributed by atoms with Crippen molar-refractivity contribution < 1.29 is 14.2 Å². The van der Waals surface area contributed by atoms with Gasteiger partial charge in [-0.1, -0.05) is 12.1 Å². The van der Waals surface area contributed by atoms with E-state index < -0.39 is 0 Å². The summed E-state index contributed by atoms with van der Waals surface area (Å²) < 4.78 is 15.6. The quantitative estimate of drug-likeness (QED) is 0.369. The van der Waals surface area contributed by atoms with Crippen LogP contribution in [0.25, 0.3) is 0 Å². The van der Waals surface area contributed by atoms with Gasteiger partial charge in [-0.05, 0) is 31.0 Å². The third-order valence-corrected chi connectivity index (χ3v) is 3.14. The van der Waals surface area contributed by atoms with Crippen molar-refractivity contribution in [3.63, 3.8) is 0 Å². The molecule has 0 atom stereocenters. The Kier molecular flexibility index (Phi) is 10.7. The lowest BCUT2D eigenvalue weighted by atomic mass is 10.2. The first-order valence-corrected chi connectivity index (χ1v) is 8.02. The van der Waals surface area contributed by atoms with Gasteiger partial charge < -0.3 is 24.8 Å². The van der Waals surface area contributed by atoms with E-state index in [0.29, 0.717) is 13.2 Å². The second-order valence-corrected chi connectivity index (χ2v) is 4.91. The number of aliphatic imine (C=N–C) groups is 1. The molecule has 2 N–H and O–H groups in total. The molecule has 0 aliphatic heterocycles. The van der Waals surface area contributed by atoms with E-state index in [2.05, 4.69) is 15.6 Å². The molecule has 1 rings (SSSR count). The maximum atomic E-state index is 5.33. The fraction of sp³-hybridized carbons (Fsp3) is 0.588. The van der Waals surface area contributed by atoms with Crippen molar-refractivity contribution in [3.8, 4) is 5.75 Å². The van der Waals surface area contributed by atoms with Crippen LogP contribution in [0, 0.1) is 0 Å². The second-order valence-electron chi connectivity index (χ2n) is 4.91. The Labute approximate surface area is 139 Å². The Morgan fingerprint density at radius 2 is 1.78 bits per heavy atom. The summed E-state index contributed by atoms with van der Waals surface area (Å²) in [5.74, 6) is 1.64. The summed E-state index contributed by atoms with van der Waals surface area (Å²) in [6.45, 7) is 6.30. The highest BCUT2D eigenvalue weighted by molar-refractivity contribution is 5.79. The monoisotopic (exact) mass is 323 g/mol. The van der Waals surface area contributed by atoms with Crippen molar-refractivity contribution >= 4 is 5.96 Å². The first kappa shape index (κ1) is 19.3. The first-order chi connectivity index (χ1) is 11.3. The molecule has 1 aromatic rings. The molecule has 0 spiro atoms. The van der Waals surface area contributed by atoms with Gasteiger partial charge in [0.2, 0.25) is 0 Å². The van der Waals surface area contributed by atoms with Crippen LogP contribution in [-0.2, 0) is 16.0 Å². The lowest BCUT2D eigenvalue weighted by Crippen LogP contribution is -2.39. The zero-order valence-corrected chi connectivity index (χ0v) is 14.4. The molecule has 130 valence electrons.